The molecule has 1 N–H and O–H groups in total. The van der Waals surface area contributed by atoms with Crippen molar-refractivity contribution in [2.45, 2.75) is 51.3 Å². The highest BCUT2D eigenvalue weighted by Crippen LogP contribution is 2.22. The minimum atomic E-state index is -0.00639. The van der Waals surface area contributed by atoms with Crippen molar-refractivity contribution in [1.29, 1.82) is 0 Å². The summed E-state index contributed by atoms with van der Waals surface area (Å²) in [6, 6.07) is 2.02. The number of amides is 1. The molecule has 0 spiro atoms. The largest absolute Gasteiger partial charge is 0.379 e. The Bertz CT molecular complexity index is 445. The summed E-state index contributed by atoms with van der Waals surface area (Å²) in [5.41, 5.74) is 0.718. The molecule has 1 saturated carbocycles. The fourth-order valence-electron chi connectivity index (χ4n) is 2.71. The molecule has 1 heterocycles. The second kappa shape index (κ2) is 6.57. The van der Waals surface area contributed by atoms with E-state index in [9.17, 15) is 4.79 Å². The van der Waals surface area contributed by atoms with Gasteiger partial charge in [0.1, 0.15) is 5.69 Å². The van der Waals surface area contributed by atoms with Gasteiger partial charge >= 0.3 is 0 Å². The minimum Gasteiger partial charge on any atom is -0.379 e. The van der Waals surface area contributed by atoms with Gasteiger partial charge in [-0.05, 0) is 47.7 Å². The van der Waals surface area contributed by atoms with Crippen LogP contribution in [0, 0.1) is 0 Å². The van der Waals surface area contributed by atoms with Crippen LogP contribution in [0.5, 0.6) is 0 Å². The van der Waals surface area contributed by atoms with Crippen molar-refractivity contribution in [1.82, 2.24) is 9.88 Å². The van der Waals surface area contributed by atoms with Crippen LogP contribution in [0.1, 0.15) is 43.1 Å². The highest BCUT2D eigenvalue weighted by atomic mass is 79.9. The van der Waals surface area contributed by atoms with Crippen molar-refractivity contribution in [3.8, 4) is 0 Å². The molecule has 1 aliphatic carbocycles. The predicted octanol–water partition coefficient (Wildman–Crippen LogP) is 2.96. The monoisotopic (exact) mass is 328 g/mol. The molecule has 1 amide bonds. The fourth-order valence-corrected chi connectivity index (χ4v) is 3.17. The number of nitrogens with one attached hydrogen (secondary N) is 1. The molecule has 1 fully saturated rings. The van der Waals surface area contributed by atoms with Crippen molar-refractivity contribution < 1.29 is 9.53 Å². The molecule has 2 rings (SSSR count). The molecule has 1 aromatic rings. The highest BCUT2D eigenvalue weighted by Gasteiger charge is 2.29. The summed E-state index contributed by atoms with van der Waals surface area (Å²) in [5, 5.41) is 3.10. The lowest BCUT2D eigenvalue weighted by atomic mass is 10.2. The zero-order chi connectivity index (χ0) is 13.8. The number of carbonyl (C=O) groups excluding carboxylic acids is 1. The lowest BCUT2D eigenvalue weighted by molar-refractivity contribution is 0.0716. The van der Waals surface area contributed by atoms with Gasteiger partial charge in [-0.25, -0.2) is 0 Å². The molecule has 0 aromatic carbocycles. The van der Waals surface area contributed by atoms with E-state index in [1.165, 1.54) is 0 Å². The Kier molecular flexibility index (Phi) is 5.05. The Labute approximate surface area is 122 Å². The second-order valence-electron chi connectivity index (χ2n) is 5.02. The summed E-state index contributed by atoms with van der Waals surface area (Å²) in [6.07, 6.45) is 6.26. The summed E-state index contributed by atoms with van der Waals surface area (Å²) >= 11 is 3.43. The van der Waals surface area contributed by atoms with Crippen molar-refractivity contribution in [3.05, 3.63) is 22.4 Å². The smallest absolute Gasteiger partial charge is 0.268 e. The highest BCUT2D eigenvalue weighted by molar-refractivity contribution is 9.10. The second-order valence-corrected chi connectivity index (χ2v) is 5.94. The number of nitrogens with zero attached hydrogens (tertiary/aromatic N) is 1. The molecule has 0 saturated heterocycles. The van der Waals surface area contributed by atoms with Crippen LogP contribution in [0.2, 0.25) is 0 Å². The molecule has 2 atom stereocenters. The standard InChI is InChI=1S/C14H21BrN2O2/c1-3-7-17-9-10(15)8-12(17)14(18)16-11-5-4-6-13(11)19-2/h8-9,11,13H,3-7H2,1-2H3,(H,16,18). The summed E-state index contributed by atoms with van der Waals surface area (Å²) in [5.74, 6) is -0.00639. The molecule has 19 heavy (non-hydrogen) atoms. The van der Waals surface area contributed by atoms with Crippen LogP contribution in [-0.2, 0) is 11.3 Å². The zero-order valence-corrected chi connectivity index (χ0v) is 13.1. The summed E-state index contributed by atoms with van der Waals surface area (Å²) in [7, 11) is 1.71. The lowest BCUT2D eigenvalue weighted by Gasteiger charge is -2.20. The van der Waals surface area contributed by atoms with E-state index in [0.29, 0.717) is 0 Å². The van der Waals surface area contributed by atoms with Crippen LogP contribution in [0.15, 0.2) is 16.7 Å². The summed E-state index contributed by atoms with van der Waals surface area (Å²) in [6.45, 7) is 2.96. The number of aryl methyl sites for hydroxylation is 1. The Hall–Kier alpha value is -0.810. The third kappa shape index (κ3) is 3.39. The van der Waals surface area contributed by atoms with Gasteiger partial charge in [-0.1, -0.05) is 6.92 Å². The third-order valence-electron chi connectivity index (χ3n) is 3.63. The van der Waals surface area contributed by atoms with E-state index in [4.69, 9.17) is 4.74 Å². The number of methoxy groups -OCH3 is 1. The number of hydrogen-bond acceptors (Lipinski definition) is 2. The van der Waals surface area contributed by atoms with Crippen LogP contribution in [-0.4, -0.2) is 29.7 Å². The molecular formula is C14H21BrN2O2. The Balaban J connectivity index is 2.07. The molecule has 1 aromatic heterocycles. The first-order valence-corrected chi connectivity index (χ1v) is 7.64. The quantitative estimate of drug-likeness (QED) is 0.903. The topological polar surface area (TPSA) is 43.3 Å². The first-order chi connectivity index (χ1) is 9.15. The van der Waals surface area contributed by atoms with Gasteiger partial charge in [-0.2, -0.15) is 0 Å². The zero-order valence-electron chi connectivity index (χ0n) is 11.5. The minimum absolute atomic E-state index is 0.00639. The maximum absolute atomic E-state index is 12.4. The van der Waals surface area contributed by atoms with Crippen LogP contribution >= 0.6 is 15.9 Å². The van der Waals surface area contributed by atoms with Crippen molar-refractivity contribution in [2.24, 2.45) is 0 Å². The normalized spacial score (nSPS) is 22.7. The Morgan fingerprint density at radius 2 is 2.37 bits per heavy atom. The SMILES string of the molecule is CCCn1cc(Br)cc1C(=O)NC1CCCC1OC. The molecule has 0 aliphatic heterocycles. The molecule has 0 radical (unpaired) electrons. The molecule has 1 aliphatic rings. The van der Waals surface area contributed by atoms with Crippen LogP contribution in [0.3, 0.4) is 0 Å². The first kappa shape index (κ1) is 14.6. The number of aromatic nitrogens is 1. The number of carbonyl (C=O) groups is 1. The Morgan fingerprint density at radius 3 is 3.05 bits per heavy atom. The average Bonchev–Trinajstić information content (AvgIpc) is 2.96. The van der Waals surface area contributed by atoms with Gasteiger partial charge in [0.25, 0.3) is 5.91 Å². The summed E-state index contributed by atoms with van der Waals surface area (Å²) in [4.78, 5) is 12.4. The molecule has 4 nitrogen and oxygen atoms in total. The number of ether oxygens (including phenoxy) is 1. The van der Waals surface area contributed by atoms with Gasteiger partial charge in [0.15, 0.2) is 0 Å². The molecule has 106 valence electrons. The molecule has 5 heteroatoms. The van der Waals surface area contributed by atoms with E-state index in [0.717, 1.165) is 42.4 Å². The van der Waals surface area contributed by atoms with Crippen LogP contribution in [0.4, 0.5) is 0 Å². The van der Waals surface area contributed by atoms with E-state index < -0.39 is 0 Å². The molecule has 2 unspecified atom stereocenters. The van der Waals surface area contributed by atoms with E-state index in [1.54, 1.807) is 7.11 Å². The number of halogens is 1. The molecular weight excluding hydrogens is 308 g/mol. The maximum Gasteiger partial charge on any atom is 0.268 e. The van der Waals surface area contributed by atoms with E-state index >= 15 is 0 Å². The van der Waals surface area contributed by atoms with E-state index in [-0.39, 0.29) is 18.1 Å². The maximum atomic E-state index is 12.4. The van der Waals surface area contributed by atoms with E-state index in [1.807, 2.05) is 16.8 Å². The van der Waals surface area contributed by atoms with Gasteiger partial charge in [0.2, 0.25) is 0 Å². The van der Waals surface area contributed by atoms with Crippen molar-refractivity contribution in [2.75, 3.05) is 7.11 Å². The average molecular weight is 329 g/mol. The fraction of sp³-hybridized carbons (Fsp3) is 0.643. The third-order valence-corrected chi connectivity index (χ3v) is 4.07. The van der Waals surface area contributed by atoms with Crippen molar-refractivity contribution >= 4 is 21.8 Å². The van der Waals surface area contributed by atoms with Gasteiger partial charge < -0.3 is 14.6 Å². The molecule has 0 bridgehead atoms. The first-order valence-electron chi connectivity index (χ1n) is 6.85. The van der Waals surface area contributed by atoms with E-state index in [2.05, 4.69) is 28.2 Å². The number of hydrogen-bond donors (Lipinski definition) is 1. The number of rotatable bonds is 5. The summed E-state index contributed by atoms with van der Waals surface area (Å²) < 4.78 is 8.35. The predicted molar refractivity (Wildman–Crippen MR) is 78.3 cm³/mol. The van der Waals surface area contributed by atoms with Crippen LogP contribution in [0.25, 0.3) is 0 Å². The lowest BCUT2D eigenvalue weighted by Crippen LogP contribution is -2.41. The van der Waals surface area contributed by atoms with Gasteiger partial charge in [0, 0.05) is 24.3 Å². The Morgan fingerprint density at radius 1 is 1.58 bits per heavy atom. The van der Waals surface area contributed by atoms with Gasteiger partial charge in [-0.3, -0.25) is 4.79 Å². The van der Waals surface area contributed by atoms with Crippen molar-refractivity contribution in [3.63, 3.8) is 0 Å². The van der Waals surface area contributed by atoms with Gasteiger partial charge in [0.05, 0.1) is 12.1 Å². The van der Waals surface area contributed by atoms with Crippen LogP contribution < -0.4 is 5.32 Å². The van der Waals surface area contributed by atoms with Gasteiger partial charge in [-0.15, -0.1) is 0 Å².